The van der Waals surface area contributed by atoms with E-state index in [2.05, 4.69) is 31.7 Å². The lowest BCUT2D eigenvalue weighted by atomic mass is 10.0. The van der Waals surface area contributed by atoms with Gasteiger partial charge >= 0.3 is 5.97 Å². The van der Waals surface area contributed by atoms with Crippen LogP contribution < -0.4 is 0 Å². The van der Waals surface area contributed by atoms with Crippen LogP contribution in [-0.2, 0) is 11.3 Å². The Bertz CT molecular complexity index is 637. The van der Waals surface area contributed by atoms with E-state index in [1.807, 2.05) is 25.1 Å². The van der Waals surface area contributed by atoms with Crippen LogP contribution in [0.2, 0.25) is 0 Å². The fourth-order valence-electron chi connectivity index (χ4n) is 2.49. The van der Waals surface area contributed by atoms with Gasteiger partial charge in [-0.3, -0.25) is 9.69 Å². The predicted molar refractivity (Wildman–Crippen MR) is 83.4 cm³/mol. The molecule has 0 atom stereocenters. The third-order valence-electron chi connectivity index (χ3n) is 3.79. The molecule has 1 aromatic carbocycles. The number of carboxylic acid groups (broad SMARTS) is 1. The van der Waals surface area contributed by atoms with Crippen molar-refractivity contribution in [2.75, 3.05) is 6.54 Å². The number of aryl methyl sites for hydroxylation is 1. The van der Waals surface area contributed by atoms with Gasteiger partial charge in [0.15, 0.2) is 0 Å². The van der Waals surface area contributed by atoms with E-state index in [4.69, 9.17) is 9.52 Å². The summed E-state index contributed by atoms with van der Waals surface area (Å²) in [5.41, 5.74) is 1.93. The first-order chi connectivity index (χ1) is 9.79. The Kier molecular flexibility index (Phi) is 4.37. The lowest BCUT2D eigenvalue weighted by Crippen LogP contribution is -2.42. The topological polar surface area (TPSA) is 53.7 Å². The monoisotopic (exact) mass is 289 g/mol. The van der Waals surface area contributed by atoms with E-state index in [-0.39, 0.29) is 12.0 Å². The number of carboxylic acids is 1. The van der Waals surface area contributed by atoms with Gasteiger partial charge in [0.2, 0.25) is 0 Å². The van der Waals surface area contributed by atoms with E-state index < -0.39 is 5.97 Å². The molecule has 2 rings (SSSR count). The Morgan fingerprint density at radius 1 is 1.29 bits per heavy atom. The van der Waals surface area contributed by atoms with Crippen LogP contribution in [-0.4, -0.2) is 28.1 Å². The predicted octanol–water partition coefficient (Wildman–Crippen LogP) is 3.82. The number of hydrogen-bond acceptors (Lipinski definition) is 3. The molecule has 0 spiro atoms. The fourth-order valence-corrected chi connectivity index (χ4v) is 2.49. The molecule has 21 heavy (non-hydrogen) atoms. The summed E-state index contributed by atoms with van der Waals surface area (Å²) < 4.78 is 5.80. The van der Waals surface area contributed by atoms with Gasteiger partial charge in [0, 0.05) is 29.6 Å². The quantitative estimate of drug-likeness (QED) is 0.909. The number of furan rings is 1. The minimum atomic E-state index is -0.766. The molecular weight excluding hydrogens is 266 g/mol. The smallest absolute Gasteiger partial charge is 0.304 e. The molecule has 0 radical (unpaired) electrons. The zero-order chi connectivity index (χ0) is 15.6. The Morgan fingerprint density at radius 3 is 2.57 bits per heavy atom. The number of rotatable bonds is 5. The van der Waals surface area contributed by atoms with Crippen molar-refractivity contribution in [3.63, 3.8) is 0 Å². The molecule has 114 valence electrons. The molecule has 0 unspecified atom stereocenters. The number of carbonyl (C=O) groups is 1. The minimum absolute atomic E-state index is 0.0970. The van der Waals surface area contributed by atoms with Crippen molar-refractivity contribution >= 4 is 16.9 Å². The van der Waals surface area contributed by atoms with E-state index in [0.29, 0.717) is 13.1 Å². The zero-order valence-corrected chi connectivity index (χ0v) is 13.1. The second-order valence-corrected chi connectivity index (χ2v) is 6.37. The number of hydrogen-bond donors (Lipinski definition) is 1. The van der Waals surface area contributed by atoms with Gasteiger partial charge in [-0.05, 0) is 33.8 Å². The van der Waals surface area contributed by atoms with Gasteiger partial charge in [-0.2, -0.15) is 0 Å². The maximum Gasteiger partial charge on any atom is 0.304 e. The molecule has 0 saturated carbocycles. The van der Waals surface area contributed by atoms with Crippen molar-refractivity contribution in [2.45, 2.75) is 46.2 Å². The maximum absolute atomic E-state index is 10.9. The average molecular weight is 289 g/mol. The summed E-state index contributed by atoms with van der Waals surface area (Å²) in [6, 6.07) is 7.98. The van der Waals surface area contributed by atoms with Crippen LogP contribution in [0, 0.1) is 6.92 Å². The average Bonchev–Trinajstić information content (AvgIpc) is 2.68. The van der Waals surface area contributed by atoms with Crippen LogP contribution in [0.4, 0.5) is 0 Å². The third-order valence-corrected chi connectivity index (χ3v) is 3.79. The lowest BCUT2D eigenvalue weighted by Gasteiger charge is -2.35. The molecular formula is C17H23NO3. The van der Waals surface area contributed by atoms with Crippen LogP contribution in [0.3, 0.4) is 0 Å². The lowest BCUT2D eigenvalue weighted by molar-refractivity contribution is -0.137. The van der Waals surface area contributed by atoms with Crippen molar-refractivity contribution < 1.29 is 14.3 Å². The van der Waals surface area contributed by atoms with Gasteiger partial charge in [0.1, 0.15) is 11.3 Å². The highest BCUT2D eigenvalue weighted by Crippen LogP contribution is 2.28. The highest BCUT2D eigenvalue weighted by atomic mass is 16.4. The number of aliphatic carboxylic acids is 1. The molecule has 0 bridgehead atoms. The molecule has 0 aliphatic carbocycles. The van der Waals surface area contributed by atoms with Crippen molar-refractivity contribution in [1.29, 1.82) is 0 Å². The molecule has 0 fully saturated rings. The van der Waals surface area contributed by atoms with Gasteiger partial charge in [-0.15, -0.1) is 0 Å². The summed E-state index contributed by atoms with van der Waals surface area (Å²) in [6.45, 7) is 9.50. The third kappa shape index (κ3) is 3.64. The molecule has 0 saturated heterocycles. The highest BCUT2D eigenvalue weighted by Gasteiger charge is 2.24. The van der Waals surface area contributed by atoms with Crippen LogP contribution >= 0.6 is 0 Å². The van der Waals surface area contributed by atoms with Crippen molar-refractivity contribution in [3.8, 4) is 0 Å². The first kappa shape index (κ1) is 15.6. The van der Waals surface area contributed by atoms with Gasteiger partial charge in [-0.1, -0.05) is 18.2 Å². The van der Waals surface area contributed by atoms with E-state index in [1.54, 1.807) is 0 Å². The molecule has 0 aliphatic rings. The molecule has 1 N–H and O–H groups in total. The van der Waals surface area contributed by atoms with E-state index in [0.717, 1.165) is 22.3 Å². The fraction of sp³-hybridized carbons (Fsp3) is 0.471. The summed E-state index contributed by atoms with van der Waals surface area (Å²) in [6.07, 6.45) is 0.145. The summed E-state index contributed by atoms with van der Waals surface area (Å²) in [5.74, 6) is 0.138. The van der Waals surface area contributed by atoms with Crippen LogP contribution in [0.25, 0.3) is 11.0 Å². The summed E-state index contributed by atoms with van der Waals surface area (Å²) >= 11 is 0. The van der Waals surface area contributed by atoms with Gasteiger partial charge < -0.3 is 9.52 Å². The highest BCUT2D eigenvalue weighted by molar-refractivity contribution is 5.82. The second kappa shape index (κ2) is 5.90. The molecule has 0 amide bonds. The van der Waals surface area contributed by atoms with E-state index in [9.17, 15) is 4.79 Å². The van der Waals surface area contributed by atoms with Crippen molar-refractivity contribution in [3.05, 3.63) is 35.6 Å². The zero-order valence-electron chi connectivity index (χ0n) is 13.1. The molecule has 0 aliphatic heterocycles. The van der Waals surface area contributed by atoms with Gasteiger partial charge in [0.25, 0.3) is 0 Å². The number of fused-ring (bicyclic) bond motifs is 1. The molecule has 4 heteroatoms. The van der Waals surface area contributed by atoms with Crippen LogP contribution in [0.5, 0.6) is 0 Å². The SMILES string of the molecule is Cc1oc2ccccc2c1CN(CCC(=O)O)C(C)(C)C. The first-order valence-corrected chi connectivity index (χ1v) is 7.23. The largest absolute Gasteiger partial charge is 0.481 e. The molecule has 4 nitrogen and oxygen atoms in total. The minimum Gasteiger partial charge on any atom is -0.481 e. The maximum atomic E-state index is 10.9. The van der Waals surface area contributed by atoms with Crippen molar-refractivity contribution in [1.82, 2.24) is 4.90 Å². The number of benzene rings is 1. The normalized spacial score (nSPS) is 12.2. The summed E-state index contributed by atoms with van der Waals surface area (Å²) in [4.78, 5) is 13.1. The van der Waals surface area contributed by atoms with Gasteiger partial charge in [0.05, 0.1) is 6.42 Å². The number of para-hydroxylation sites is 1. The molecule has 1 aromatic heterocycles. The first-order valence-electron chi connectivity index (χ1n) is 7.23. The number of nitrogens with zero attached hydrogens (tertiary/aromatic N) is 1. The van der Waals surface area contributed by atoms with Crippen LogP contribution in [0.1, 0.15) is 38.5 Å². The Hall–Kier alpha value is -1.81. The summed E-state index contributed by atoms with van der Waals surface area (Å²) in [7, 11) is 0. The van der Waals surface area contributed by atoms with E-state index in [1.165, 1.54) is 0 Å². The van der Waals surface area contributed by atoms with Crippen LogP contribution in [0.15, 0.2) is 28.7 Å². The standard InChI is InChI=1S/C17H23NO3/c1-12-14(13-7-5-6-8-15(13)21-12)11-18(17(2,3)4)10-9-16(19)20/h5-8H,9-11H2,1-4H3,(H,19,20). The Balaban J connectivity index is 2.30. The Morgan fingerprint density at radius 2 is 1.95 bits per heavy atom. The Labute approximate surface area is 125 Å². The van der Waals surface area contributed by atoms with Gasteiger partial charge in [-0.25, -0.2) is 0 Å². The summed E-state index contributed by atoms with van der Waals surface area (Å²) in [5, 5.41) is 10.0. The van der Waals surface area contributed by atoms with Crippen molar-refractivity contribution in [2.24, 2.45) is 0 Å². The molecule has 2 aromatic rings. The second-order valence-electron chi connectivity index (χ2n) is 6.37. The molecule has 1 heterocycles. The van der Waals surface area contributed by atoms with E-state index >= 15 is 0 Å².